The van der Waals surface area contributed by atoms with Crippen molar-refractivity contribution in [3.8, 4) is 17.2 Å². The minimum absolute atomic E-state index is 0.00722. The molecule has 0 radical (unpaired) electrons. The number of benzene rings is 2. The van der Waals surface area contributed by atoms with Gasteiger partial charge in [0.2, 0.25) is 0 Å². The number of aliphatic hydroxyl groups excluding tert-OH is 1. The Morgan fingerprint density at radius 1 is 1.18 bits per heavy atom. The number of aromatic nitrogens is 1. The molecule has 1 aromatic heterocycles. The molecule has 1 saturated heterocycles. The van der Waals surface area contributed by atoms with Gasteiger partial charge in [-0.25, -0.2) is 9.78 Å². The quantitative estimate of drug-likeness (QED) is 0.0915. The maximum Gasteiger partial charge on any atom is 0.350 e. The third-order valence-corrected chi connectivity index (χ3v) is 8.30. The Kier molecular flexibility index (Phi) is 9.05. The molecule has 2 aliphatic rings. The Labute approximate surface area is 259 Å². The standard InChI is InChI=1S/C33H34N2O8S/c1-6-13-41-24-12-9-20(17-25(24)40-8-3)27-26(28(36)21-10-11-23-22(16-21)15-18(4)43-23)29(37)31(38)35(27)33-34-19(5)30(44-33)32(39)42-14-7-2/h7,9-12,16-18,27,36H,2,6,8,13-15H2,1,3-5H3/b28-26+/t18-,27-/m1/s1. The first-order chi connectivity index (χ1) is 21.2. The van der Waals surface area contributed by atoms with E-state index >= 15 is 0 Å². The summed E-state index contributed by atoms with van der Waals surface area (Å²) >= 11 is 0.931. The van der Waals surface area contributed by atoms with Crippen LogP contribution in [0.3, 0.4) is 0 Å². The van der Waals surface area contributed by atoms with Crippen LogP contribution in [0.4, 0.5) is 5.13 Å². The van der Waals surface area contributed by atoms with Gasteiger partial charge < -0.3 is 24.1 Å². The molecule has 0 saturated carbocycles. The third kappa shape index (κ3) is 5.79. The molecule has 0 unspecified atom stereocenters. The zero-order valence-corrected chi connectivity index (χ0v) is 25.9. The second-order valence-corrected chi connectivity index (χ2v) is 11.4. The molecule has 1 N–H and O–H groups in total. The molecule has 2 atom stereocenters. The molecule has 230 valence electrons. The van der Waals surface area contributed by atoms with Crippen molar-refractivity contribution in [2.24, 2.45) is 0 Å². The molecular weight excluding hydrogens is 584 g/mol. The highest BCUT2D eigenvalue weighted by molar-refractivity contribution is 7.17. The Hall–Kier alpha value is -4.64. The molecule has 0 spiro atoms. The van der Waals surface area contributed by atoms with Crippen molar-refractivity contribution in [3.63, 3.8) is 0 Å². The Bertz CT molecular complexity index is 1660. The van der Waals surface area contributed by atoms with Gasteiger partial charge in [-0.2, -0.15) is 0 Å². The van der Waals surface area contributed by atoms with E-state index in [1.54, 1.807) is 43.3 Å². The number of hydrogen-bond donors (Lipinski definition) is 1. The molecule has 0 aliphatic carbocycles. The number of nitrogens with zero attached hydrogens (tertiary/aromatic N) is 2. The van der Waals surface area contributed by atoms with E-state index in [0.29, 0.717) is 53.7 Å². The summed E-state index contributed by atoms with van der Waals surface area (Å²) in [6, 6.07) is 9.23. The summed E-state index contributed by atoms with van der Waals surface area (Å²) in [6.45, 7) is 11.8. The number of ketones is 1. The maximum absolute atomic E-state index is 13.7. The second-order valence-electron chi connectivity index (χ2n) is 10.4. The smallest absolute Gasteiger partial charge is 0.350 e. The van der Waals surface area contributed by atoms with Crippen LogP contribution in [0.15, 0.2) is 54.6 Å². The first-order valence-corrected chi connectivity index (χ1v) is 15.3. The number of ether oxygens (including phenoxy) is 4. The van der Waals surface area contributed by atoms with Crippen molar-refractivity contribution in [2.45, 2.75) is 52.7 Å². The van der Waals surface area contributed by atoms with Crippen LogP contribution in [0.1, 0.15) is 65.3 Å². The Morgan fingerprint density at radius 3 is 2.70 bits per heavy atom. The van der Waals surface area contributed by atoms with Crippen molar-refractivity contribution in [3.05, 3.63) is 81.9 Å². The number of hydrogen-bond acceptors (Lipinski definition) is 10. The van der Waals surface area contributed by atoms with Gasteiger partial charge in [0.25, 0.3) is 5.78 Å². The van der Waals surface area contributed by atoms with E-state index in [2.05, 4.69) is 11.6 Å². The summed E-state index contributed by atoms with van der Waals surface area (Å²) < 4.78 is 22.7. The van der Waals surface area contributed by atoms with Gasteiger partial charge in [-0.1, -0.05) is 37.0 Å². The van der Waals surface area contributed by atoms with Crippen LogP contribution in [0.2, 0.25) is 0 Å². The third-order valence-electron chi connectivity index (χ3n) is 7.17. The number of aryl methyl sites for hydroxylation is 1. The van der Waals surface area contributed by atoms with Gasteiger partial charge in [-0.3, -0.25) is 14.5 Å². The molecule has 3 aromatic rings. The van der Waals surface area contributed by atoms with Crippen molar-refractivity contribution in [1.29, 1.82) is 0 Å². The molecule has 2 aliphatic heterocycles. The van der Waals surface area contributed by atoms with Crippen LogP contribution in [0, 0.1) is 6.92 Å². The van der Waals surface area contributed by atoms with Gasteiger partial charge in [0, 0.05) is 12.0 Å². The van der Waals surface area contributed by atoms with E-state index < -0.39 is 23.7 Å². The molecule has 44 heavy (non-hydrogen) atoms. The fourth-order valence-electron chi connectivity index (χ4n) is 5.24. The summed E-state index contributed by atoms with van der Waals surface area (Å²) in [7, 11) is 0. The number of esters is 1. The van der Waals surface area contributed by atoms with E-state index in [1.165, 1.54) is 11.0 Å². The highest BCUT2D eigenvalue weighted by atomic mass is 32.1. The fraction of sp³-hybridized carbons (Fsp3) is 0.333. The van der Waals surface area contributed by atoms with Gasteiger partial charge in [0.05, 0.1) is 30.5 Å². The molecule has 10 nitrogen and oxygen atoms in total. The van der Waals surface area contributed by atoms with Crippen LogP contribution < -0.4 is 19.1 Å². The van der Waals surface area contributed by atoms with Crippen molar-refractivity contribution >= 4 is 39.9 Å². The predicted octanol–water partition coefficient (Wildman–Crippen LogP) is 5.93. The number of thiazole rings is 1. The number of carbonyl (C=O) groups excluding carboxylic acids is 3. The number of carbonyl (C=O) groups is 3. The summed E-state index contributed by atoms with van der Waals surface area (Å²) in [5.41, 5.74) is 1.98. The van der Waals surface area contributed by atoms with Crippen LogP contribution >= 0.6 is 11.3 Å². The van der Waals surface area contributed by atoms with Gasteiger partial charge in [0.15, 0.2) is 16.6 Å². The Morgan fingerprint density at radius 2 is 1.98 bits per heavy atom. The van der Waals surface area contributed by atoms with Crippen LogP contribution in [-0.4, -0.2) is 53.7 Å². The minimum Gasteiger partial charge on any atom is -0.507 e. The Balaban J connectivity index is 1.67. The normalized spacial score (nSPS) is 18.6. The monoisotopic (exact) mass is 618 g/mol. The summed E-state index contributed by atoms with van der Waals surface area (Å²) in [5, 5.41) is 11.8. The lowest BCUT2D eigenvalue weighted by molar-refractivity contribution is -0.132. The number of anilines is 1. The van der Waals surface area contributed by atoms with Gasteiger partial charge in [-0.05, 0) is 68.7 Å². The summed E-state index contributed by atoms with van der Waals surface area (Å²) in [4.78, 5) is 46.1. The van der Waals surface area contributed by atoms with E-state index in [0.717, 1.165) is 23.3 Å². The molecular formula is C33H34N2O8S. The molecule has 1 fully saturated rings. The second kappa shape index (κ2) is 12.9. The highest BCUT2D eigenvalue weighted by Crippen LogP contribution is 2.46. The highest BCUT2D eigenvalue weighted by Gasteiger charge is 2.49. The number of amides is 1. The van der Waals surface area contributed by atoms with Gasteiger partial charge >= 0.3 is 11.9 Å². The lowest BCUT2D eigenvalue weighted by Crippen LogP contribution is -2.29. The van der Waals surface area contributed by atoms with Gasteiger partial charge in [0.1, 0.15) is 29.1 Å². The topological polar surface area (TPSA) is 124 Å². The van der Waals surface area contributed by atoms with Crippen molar-refractivity contribution < 1.29 is 38.4 Å². The molecule has 0 bridgehead atoms. The first kappa shape index (κ1) is 30.8. The number of rotatable bonds is 11. The predicted molar refractivity (Wildman–Crippen MR) is 166 cm³/mol. The van der Waals surface area contributed by atoms with Crippen LogP contribution in [0.5, 0.6) is 17.2 Å². The summed E-state index contributed by atoms with van der Waals surface area (Å²) in [6.07, 6.45) is 2.87. The zero-order valence-electron chi connectivity index (χ0n) is 25.0. The van der Waals surface area contributed by atoms with E-state index in [9.17, 15) is 19.5 Å². The molecule has 3 heterocycles. The van der Waals surface area contributed by atoms with Crippen molar-refractivity contribution in [1.82, 2.24) is 4.98 Å². The number of aliphatic hydroxyl groups is 1. The number of Topliss-reactive ketones (excluding diaryl/α,β-unsaturated/α-hetero) is 1. The molecule has 1 amide bonds. The van der Waals surface area contributed by atoms with E-state index in [4.69, 9.17) is 18.9 Å². The fourth-order valence-corrected chi connectivity index (χ4v) is 6.23. The number of fused-ring (bicyclic) bond motifs is 1. The largest absolute Gasteiger partial charge is 0.507 e. The lowest BCUT2D eigenvalue weighted by Gasteiger charge is -2.24. The lowest BCUT2D eigenvalue weighted by atomic mass is 9.94. The molecule has 5 rings (SSSR count). The molecule has 2 aromatic carbocycles. The zero-order chi connectivity index (χ0) is 31.5. The SMILES string of the molecule is C=CCOC(=O)c1sc(N2C(=O)C(=O)/C(=C(/O)c3ccc4c(c3)C[C@@H](C)O4)[C@H]2c2ccc(OCCC)c(OCC)c2)nc1C. The van der Waals surface area contributed by atoms with Crippen molar-refractivity contribution in [2.75, 3.05) is 24.7 Å². The average Bonchev–Trinajstić information content (AvgIpc) is 3.66. The summed E-state index contributed by atoms with van der Waals surface area (Å²) in [5.74, 6) is -1.07. The van der Waals surface area contributed by atoms with Crippen LogP contribution in [-0.2, 0) is 20.7 Å². The van der Waals surface area contributed by atoms with Gasteiger partial charge in [-0.15, -0.1) is 0 Å². The van der Waals surface area contributed by atoms with E-state index in [1.807, 2.05) is 20.8 Å². The molecule has 11 heteroatoms. The first-order valence-electron chi connectivity index (χ1n) is 14.4. The van der Waals surface area contributed by atoms with Crippen LogP contribution in [0.25, 0.3) is 5.76 Å². The minimum atomic E-state index is -1.08. The average molecular weight is 619 g/mol. The maximum atomic E-state index is 13.7. The van der Waals surface area contributed by atoms with E-state index in [-0.39, 0.29) is 34.1 Å².